The summed E-state index contributed by atoms with van der Waals surface area (Å²) in [4.78, 5) is 50.7. The van der Waals surface area contributed by atoms with Gasteiger partial charge in [0.05, 0.1) is 13.8 Å². The second-order valence-corrected chi connectivity index (χ2v) is 9.55. The lowest BCUT2D eigenvalue weighted by atomic mass is 9.91. The predicted octanol–water partition coefficient (Wildman–Crippen LogP) is 1.60. The monoisotopic (exact) mass is 535 g/mol. The van der Waals surface area contributed by atoms with Crippen LogP contribution in [0.2, 0.25) is 0 Å². The van der Waals surface area contributed by atoms with Crippen molar-refractivity contribution >= 4 is 34.5 Å². The zero-order valence-corrected chi connectivity index (χ0v) is 22.0. The number of methoxy groups -OCH3 is 1. The van der Waals surface area contributed by atoms with Gasteiger partial charge in [-0.25, -0.2) is 0 Å². The Morgan fingerprint density at radius 1 is 1.15 bits per heavy atom. The van der Waals surface area contributed by atoms with Crippen molar-refractivity contribution in [2.24, 2.45) is 5.92 Å². The minimum Gasteiger partial charge on any atom is -0.468 e. The third kappa shape index (κ3) is 7.20. The standard InChI is InChI=1S/C28H33N5O6/c1-17-13-23(33-39-17)27(36)32-22(14-19-9-5-8-18-7-3-4-11-21(18)19)26(35)31-16-30-24(28(37)38-2)15-20-10-6-12-29-25(20)34/h3-5,7-9,11,13,20,22,24,30H,6,10,12,14-16H2,1-2H3,(H,29,34)(H,31,35)(H,32,36). The number of ether oxygens (including phenoxy) is 1. The molecule has 11 heteroatoms. The third-order valence-electron chi connectivity index (χ3n) is 6.80. The van der Waals surface area contributed by atoms with Gasteiger partial charge >= 0.3 is 5.97 Å². The van der Waals surface area contributed by atoms with Crippen LogP contribution in [0.4, 0.5) is 0 Å². The van der Waals surface area contributed by atoms with E-state index in [1.54, 1.807) is 6.92 Å². The van der Waals surface area contributed by atoms with Gasteiger partial charge in [0.15, 0.2) is 5.69 Å². The van der Waals surface area contributed by atoms with Gasteiger partial charge < -0.3 is 25.2 Å². The number of aromatic nitrogens is 1. The molecule has 206 valence electrons. The predicted molar refractivity (Wildman–Crippen MR) is 142 cm³/mol. The van der Waals surface area contributed by atoms with Crippen molar-refractivity contribution in [1.82, 2.24) is 26.4 Å². The fourth-order valence-electron chi connectivity index (χ4n) is 4.74. The van der Waals surface area contributed by atoms with E-state index in [1.165, 1.54) is 13.2 Å². The van der Waals surface area contributed by atoms with E-state index in [9.17, 15) is 19.2 Å². The van der Waals surface area contributed by atoms with Crippen molar-refractivity contribution < 1.29 is 28.4 Å². The highest BCUT2D eigenvalue weighted by atomic mass is 16.5. The molecule has 1 fully saturated rings. The average molecular weight is 536 g/mol. The van der Waals surface area contributed by atoms with Gasteiger partial charge in [-0.05, 0) is 42.5 Å². The van der Waals surface area contributed by atoms with Crippen LogP contribution in [-0.2, 0) is 25.5 Å². The number of benzene rings is 2. The molecule has 3 amide bonds. The summed E-state index contributed by atoms with van der Waals surface area (Å²) in [6, 6.07) is 13.4. The SMILES string of the molecule is COC(=O)C(CC1CCCNC1=O)NCNC(=O)C(Cc1cccc2ccccc12)NC(=O)c1cc(C)on1. The first-order valence-electron chi connectivity index (χ1n) is 12.9. The molecule has 2 heterocycles. The molecule has 4 N–H and O–H groups in total. The van der Waals surface area contributed by atoms with Crippen molar-refractivity contribution in [2.75, 3.05) is 20.3 Å². The number of nitrogens with one attached hydrogen (secondary N) is 4. The number of aryl methyl sites for hydroxylation is 1. The Labute approximate surface area is 226 Å². The maximum absolute atomic E-state index is 13.3. The lowest BCUT2D eigenvalue weighted by Crippen LogP contribution is -2.52. The van der Waals surface area contributed by atoms with Gasteiger partial charge in [0.2, 0.25) is 11.8 Å². The number of rotatable bonds is 11. The van der Waals surface area contributed by atoms with E-state index in [-0.39, 0.29) is 37.0 Å². The molecule has 0 saturated carbocycles. The molecule has 1 aliphatic rings. The number of hydrogen-bond donors (Lipinski definition) is 4. The highest BCUT2D eigenvalue weighted by Gasteiger charge is 2.30. The third-order valence-corrected chi connectivity index (χ3v) is 6.80. The van der Waals surface area contributed by atoms with Crippen molar-refractivity contribution in [3.05, 3.63) is 65.5 Å². The summed E-state index contributed by atoms with van der Waals surface area (Å²) in [7, 11) is 1.28. The summed E-state index contributed by atoms with van der Waals surface area (Å²) in [5, 5.41) is 17.0. The Kier molecular flexibility index (Phi) is 9.27. The Bertz CT molecular complexity index is 1330. The lowest BCUT2D eigenvalue weighted by Gasteiger charge is -2.26. The summed E-state index contributed by atoms with van der Waals surface area (Å²) in [5.41, 5.74) is 0.950. The van der Waals surface area contributed by atoms with Crippen LogP contribution in [0.1, 0.15) is 41.1 Å². The minimum absolute atomic E-state index is 0.0675. The van der Waals surface area contributed by atoms with Gasteiger partial charge in [-0.15, -0.1) is 0 Å². The number of carbonyl (C=O) groups is 4. The van der Waals surface area contributed by atoms with Crippen LogP contribution in [0.5, 0.6) is 0 Å². The molecule has 4 rings (SSSR count). The Hall–Kier alpha value is -4.25. The molecule has 0 aliphatic carbocycles. The van der Waals surface area contributed by atoms with Crippen LogP contribution in [-0.4, -0.2) is 61.3 Å². The van der Waals surface area contributed by atoms with E-state index in [0.717, 1.165) is 22.8 Å². The minimum atomic E-state index is -0.942. The first kappa shape index (κ1) is 27.8. The van der Waals surface area contributed by atoms with Gasteiger partial charge in [-0.1, -0.05) is 47.6 Å². The second-order valence-electron chi connectivity index (χ2n) is 9.55. The fourth-order valence-corrected chi connectivity index (χ4v) is 4.74. The Morgan fingerprint density at radius 3 is 2.69 bits per heavy atom. The highest BCUT2D eigenvalue weighted by Crippen LogP contribution is 2.20. The number of nitrogens with zero attached hydrogens (tertiary/aromatic N) is 1. The van der Waals surface area contributed by atoms with Crippen LogP contribution >= 0.6 is 0 Å². The summed E-state index contributed by atoms with van der Waals surface area (Å²) < 4.78 is 9.90. The maximum Gasteiger partial charge on any atom is 0.322 e. The largest absolute Gasteiger partial charge is 0.468 e. The van der Waals surface area contributed by atoms with Crippen LogP contribution in [0.3, 0.4) is 0 Å². The lowest BCUT2D eigenvalue weighted by molar-refractivity contribution is -0.144. The molecule has 1 aliphatic heterocycles. The first-order valence-corrected chi connectivity index (χ1v) is 12.9. The summed E-state index contributed by atoms with van der Waals surface area (Å²) in [5.74, 6) is -1.47. The number of esters is 1. The quantitative estimate of drug-likeness (QED) is 0.213. The topological polar surface area (TPSA) is 152 Å². The van der Waals surface area contributed by atoms with E-state index in [2.05, 4.69) is 26.4 Å². The number of amides is 3. The summed E-state index contributed by atoms with van der Waals surface area (Å²) in [6.07, 6.45) is 1.98. The molecular formula is C28H33N5O6. The van der Waals surface area contributed by atoms with Gasteiger partial charge in [0.25, 0.3) is 5.91 Å². The number of hydrogen-bond acceptors (Lipinski definition) is 8. The van der Waals surface area contributed by atoms with Gasteiger partial charge in [0, 0.05) is 24.9 Å². The fraction of sp³-hybridized carbons (Fsp3) is 0.393. The number of fused-ring (bicyclic) bond motifs is 1. The normalized spacial score (nSPS) is 16.7. The van der Waals surface area contributed by atoms with E-state index in [0.29, 0.717) is 18.7 Å². The Morgan fingerprint density at radius 2 is 1.95 bits per heavy atom. The van der Waals surface area contributed by atoms with Crippen LogP contribution in [0.25, 0.3) is 10.8 Å². The molecule has 3 unspecified atom stereocenters. The van der Waals surface area contributed by atoms with Gasteiger partial charge in [-0.3, -0.25) is 24.5 Å². The zero-order chi connectivity index (χ0) is 27.8. The molecule has 1 aromatic heterocycles. The van der Waals surface area contributed by atoms with E-state index >= 15 is 0 Å². The highest BCUT2D eigenvalue weighted by molar-refractivity contribution is 5.96. The molecular weight excluding hydrogens is 502 g/mol. The molecule has 0 bridgehead atoms. The van der Waals surface area contributed by atoms with E-state index < -0.39 is 29.9 Å². The van der Waals surface area contributed by atoms with Crippen molar-refractivity contribution in [1.29, 1.82) is 0 Å². The zero-order valence-electron chi connectivity index (χ0n) is 22.0. The van der Waals surface area contributed by atoms with E-state index in [4.69, 9.17) is 9.26 Å². The maximum atomic E-state index is 13.3. The van der Waals surface area contributed by atoms with Crippen LogP contribution in [0, 0.1) is 12.8 Å². The average Bonchev–Trinajstić information content (AvgIpc) is 3.39. The molecule has 1 saturated heterocycles. The van der Waals surface area contributed by atoms with Crippen molar-refractivity contribution in [3.63, 3.8) is 0 Å². The molecule has 0 radical (unpaired) electrons. The number of carbonyl (C=O) groups excluding carboxylic acids is 4. The van der Waals surface area contributed by atoms with Gasteiger partial charge in [0.1, 0.15) is 17.8 Å². The molecule has 39 heavy (non-hydrogen) atoms. The van der Waals surface area contributed by atoms with Crippen LogP contribution in [0.15, 0.2) is 53.1 Å². The summed E-state index contributed by atoms with van der Waals surface area (Å²) >= 11 is 0. The van der Waals surface area contributed by atoms with Crippen LogP contribution < -0.4 is 21.3 Å². The van der Waals surface area contributed by atoms with Crippen molar-refractivity contribution in [2.45, 2.75) is 44.7 Å². The number of piperidine rings is 1. The van der Waals surface area contributed by atoms with Crippen molar-refractivity contribution in [3.8, 4) is 0 Å². The molecule has 2 aromatic carbocycles. The summed E-state index contributed by atoms with van der Waals surface area (Å²) in [6.45, 7) is 2.22. The first-order chi connectivity index (χ1) is 18.9. The molecule has 3 aromatic rings. The second kappa shape index (κ2) is 13.0. The van der Waals surface area contributed by atoms with E-state index in [1.807, 2.05) is 42.5 Å². The molecule has 11 nitrogen and oxygen atoms in total. The Balaban J connectivity index is 1.46. The molecule has 3 atom stereocenters. The van der Waals surface area contributed by atoms with Gasteiger partial charge in [-0.2, -0.15) is 0 Å². The smallest absolute Gasteiger partial charge is 0.322 e. The molecule has 0 spiro atoms.